The quantitative estimate of drug-likeness (QED) is 0.803. The van der Waals surface area contributed by atoms with Crippen molar-refractivity contribution >= 4 is 0 Å². The van der Waals surface area contributed by atoms with E-state index in [-0.39, 0.29) is 6.61 Å². The van der Waals surface area contributed by atoms with E-state index in [4.69, 9.17) is 15.9 Å². The van der Waals surface area contributed by atoms with Crippen LogP contribution < -0.4 is 0 Å². The van der Waals surface area contributed by atoms with Gasteiger partial charge in [-0.25, -0.2) is 0 Å². The van der Waals surface area contributed by atoms with Gasteiger partial charge in [0.1, 0.15) is 0 Å². The molecule has 2 unspecified atom stereocenters. The average molecular weight is 378 g/mol. The summed E-state index contributed by atoms with van der Waals surface area (Å²) >= 11 is 0. The Bertz CT molecular complexity index is 896. The predicted molar refractivity (Wildman–Crippen MR) is 107 cm³/mol. The molecule has 3 atom stereocenters. The third-order valence-electron chi connectivity index (χ3n) is 5.78. The van der Waals surface area contributed by atoms with Gasteiger partial charge in [0.05, 0.1) is 25.4 Å². The van der Waals surface area contributed by atoms with Gasteiger partial charge in [-0.2, -0.15) is 0 Å². The molecule has 0 saturated carbocycles. The summed E-state index contributed by atoms with van der Waals surface area (Å²) in [6.07, 6.45) is 7.28. The van der Waals surface area contributed by atoms with Gasteiger partial charge in [0.15, 0.2) is 5.79 Å². The highest BCUT2D eigenvalue weighted by molar-refractivity contribution is 5.50. The van der Waals surface area contributed by atoms with Crippen LogP contribution in [0.3, 0.4) is 0 Å². The Morgan fingerprint density at radius 3 is 2.64 bits per heavy atom. The summed E-state index contributed by atoms with van der Waals surface area (Å²) in [7, 11) is 0. The van der Waals surface area contributed by atoms with Crippen molar-refractivity contribution in [2.75, 3.05) is 6.61 Å². The summed E-state index contributed by atoms with van der Waals surface area (Å²) in [5, 5.41) is 19.9. The van der Waals surface area contributed by atoms with Crippen molar-refractivity contribution < 1.29 is 19.7 Å². The summed E-state index contributed by atoms with van der Waals surface area (Å²) in [5.74, 6) is 1.80. The van der Waals surface area contributed by atoms with Gasteiger partial charge in [-0.1, -0.05) is 37.1 Å². The summed E-state index contributed by atoms with van der Waals surface area (Å²) in [6, 6.07) is 12.6. The SMILES string of the molecule is C#Cc1cc2c(cc1Cc1ccc(CC)cc1)[C@]1(CC(O)CC(CO)O1)OC2. The third-order valence-corrected chi connectivity index (χ3v) is 5.78. The van der Waals surface area contributed by atoms with Crippen molar-refractivity contribution in [2.24, 2.45) is 0 Å². The summed E-state index contributed by atoms with van der Waals surface area (Å²) in [6.45, 7) is 2.39. The largest absolute Gasteiger partial charge is 0.394 e. The Balaban J connectivity index is 1.70. The number of terminal acetylenes is 1. The fourth-order valence-corrected chi connectivity index (χ4v) is 4.27. The third kappa shape index (κ3) is 3.47. The number of aliphatic hydroxyl groups excluding tert-OH is 2. The number of aliphatic hydroxyl groups is 2. The normalized spacial score (nSPS) is 26.2. The zero-order valence-corrected chi connectivity index (χ0v) is 16.1. The first-order valence-electron chi connectivity index (χ1n) is 9.88. The summed E-state index contributed by atoms with van der Waals surface area (Å²) in [4.78, 5) is 0. The molecule has 2 aliphatic heterocycles. The highest BCUT2D eigenvalue weighted by atomic mass is 16.7. The first-order valence-corrected chi connectivity index (χ1v) is 9.88. The van der Waals surface area contributed by atoms with E-state index in [1.54, 1.807) is 0 Å². The van der Waals surface area contributed by atoms with Crippen molar-refractivity contribution in [3.05, 3.63) is 69.8 Å². The molecule has 1 saturated heterocycles. The molecule has 0 bridgehead atoms. The van der Waals surface area contributed by atoms with Gasteiger partial charge in [-0.05, 0) is 47.2 Å². The van der Waals surface area contributed by atoms with Crippen molar-refractivity contribution in [2.45, 2.75) is 57.2 Å². The molecular formula is C24H26O4. The van der Waals surface area contributed by atoms with Crippen LogP contribution in [-0.2, 0) is 34.7 Å². The molecule has 0 aliphatic carbocycles. The second-order valence-electron chi connectivity index (χ2n) is 7.72. The van der Waals surface area contributed by atoms with E-state index in [0.29, 0.717) is 19.4 Å². The Hall–Kier alpha value is -2.16. The highest BCUT2D eigenvalue weighted by Crippen LogP contribution is 2.46. The van der Waals surface area contributed by atoms with Gasteiger partial charge in [-0.15, -0.1) is 6.42 Å². The molecule has 2 aromatic carbocycles. The number of fused-ring (bicyclic) bond motifs is 2. The lowest BCUT2D eigenvalue weighted by Gasteiger charge is -2.40. The van der Waals surface area contributed by atoms with Gasteiger partial charge in [-0.3, -0.25) is 0 Å². The molecular weight excluding hydrogens is 352 g/mol. The van der Waals surface area contributed by atoms with E-state index in [9.17, 15) is 10.2 Å². The molecule has 1 fully saturated rings. The van der Waals surface area contributed by atoms with Crippen LogP contribution in [0.25, 0.3) is 0 Å². The van der Waals surface area contributed by atoms with Crippen LogP contribution in [0.15, 0.2) is 36.4 Å². The molecule has 1 spiro atoms. The highest BCUT2D eigenvalue weighted by Gasteiger charge is 2.48. The molecule has 28 heavy (non-hydrogen) atoms. The zero-order valence-electron chi connectivity index (χ0n) is 16.1. The van der Waals surface area contributed by atoms with E-state index >= 15 is 0 Å². The Kier molecular flexibility index (Phi) is 5.27. The summed E-state index contributed by atoms with van der Waals surface area (Å²) in [5.41, 5.74) is 6.31. The Labute approximate surface area is 166 Å². The minimum absolute atomic E-state index is 0.142. The number of aryl methyl sites for hydroxylation is 1. The lowest BCUT2D eigenvalue weighted by atomic mass is 9.88. The Morgan fingerprint density at radius 1 is 1.21 bits per heavy atom. The van der Waals surface area contributed by atoms with Gasteiger partial charge in [0, 0.05) is 24.0 Å². The molecule has 2 heterocycles. The fourth-order valence-electron chi connectivity index (χ4n) is 4.27. The molecule has 0 amide bonds. The number of hydrogen-bond donors (Lipinski definition) is 2. The van der Waals surface area contributed by atoms with Gasteiger partial charge >= 0.3 is 0 Å². The molecule has 0 aromatic heterocycles. The second-order valence-corrected chi connectivity index (χ2v) is 7.72. The van der Waals surface area contributed by atoms with Gasteiger partial charge in [0.2, 0.25) is 0 Å². The topological polar surface area (TPSA) is 58.9 Å². The maximum atomic E-state index is 10.3. The van der Waals surface area contributed by atoms with Crippen LogP contribution in [0, 0.1) is 12.3 Å². The van der Waals surface area contributed by atoms with Gasteiger partial charge < -0.3 is 19.7 Å². The molecule has 4 heteroatoms. The lowest BCUT2D eigenvalue weighted by Crippen LogP contribution is -2.45. The van der Waals surface area contributed by atoms with E-state index in [1.807, 2.05) is 6.07 Å². The maximum absolute atomic E-state index is 10.3. The smallest absolute Gasteiger partial charge is 0.198 e. The lowest BCUT2D eigenvalue weighted by molar-refractivity contribution is -0.302. The first kappa shape index (κ1) is 19.2. The van der Waals surface area contributed by atoms with E-state index in [2.05, 4.69) is 43.2 Å². The minimum atomic E-state index is -1.01. The number of rotatable bonds is 4. The van der Waals surface area contributed by atoms with Crippen molar-refractivity contribution in [1.82, 2.24) is 0 Å². The van der Waals surface area contributed by atoms with E-state index in [1.165, 1.54) is 11.1 Å². The molecule has 4 rings (SSSR count). The first-order chi connectivity index (χ1) is 13.6. The molecule has 2 aliphatic rings. The minimum Gasteiger partial charge on any atom is -0.394 e. The van der Waals surface area contributed by atoms with Crippen LogP contribution >= 0.6 is 0 Å². The van der Waals surface area contributed by atoms with Crippen LogP contribution in [0.2, 0.25) is 0 Å². The molecule has 4 nitrogen and oxygen atoms in total. The van der Waals surface area contributed by atoms with Crippen molar-refractivity contribution in [1.29, 1.82) is 0 Å². The zero-order chi connectivity index (χ0) is 19.7. The maximum Gasteiger partial charge on any atom is 0.198 e. The number of ether oxygens (including phenoxy) is 2. The molecule has 146 valence electrons. The predicted octanol–water partition coefficient (Wildman–Crippen LogP) is 3.04. The van der Waals surface area contributed by atoms with Crippen molar-refractivity contribution in [3.8, 4) is 12.3 Å². The Morgan fingerprint density at radius 2 is 1.96 bits per heavy atom. The second kappa shape index (κ2) is 7.69. The average Bonchev–Trinajstić information content (AvgIpc) is 3.03. The van der Waals surface area contributed by atoms with Crippen LogP contribution in [0.1, 0.15) is 53.1 Å². The number of benzene rings is 2. The van der Waals surface area contributed by atoms with Crippen LogP contribution in [-0.4, -0.2) is 29.0 Å². The van der Waals surface area contributed by atoms with Gasteiger partial charge in [0.25, 0.3) is 0 Å². The molecule has 0 radical (unpaired) electrons. The fraction of sp³-hybridized carbons (Fsp3) is 0.417. The standard InChI is InChI=1S/C24H26O4/c1-3-16-5-7-17(8-6-16)9-19-11-23-20(10-18(19)4-2)15-27-24(23)13-21(26)12-22(14-25)28-24/h2,5-8,10-11,21-22,25-26H,3,9,12-15H2,1H3/t21?,22?,24-/m1/s1. The summed E-state index contributed by atoms with van der Waals surface area (Å²) < 4.78 is 12.1. The molecule has 2 N–H and O–H groups in total. The van der Waals surface area contributed by atoms with Crippen molar-refractivity contribution in [3.63, 3.8) is 0 Å². The van der Waals surface area contributed by atoms with Crippen LogP contribution in [0.4, 0.5) is 0 Å². The monoisotopic (exact) mass is 378 g/mol. The van der Waals surface area contributed by atoms with Crippen LogP contribution in [0.5, 0.6) is 0 Å². The number of hydrogen-bond acceptors (Lipinski definition) is 4. The molecule has 2 aromatic rings. The van der Waals surface area contributed by atoms with E-state index < -0.39 is 18.0 Å². The van der Waals surface area contributed by atoms with E-state index in [0.717, 1.165) is 35.1 Å².